The summed E-state index contributed by atoms with van der Waals surface area (Å²) in [7, 11) is 0.724. The third-order valence-electron chi connectivity index (χ3n) is 2.52. The van der Waals surface area contributed by atoms with Crippen molar-refractivity contribution < 1.29 is 19.5 Å². The molecule has 0 bridgehead atoms. The molecule has 0 heterocycles. The smallest absolute Gasteiger partial charge is 0.325 e. The van der Waals surface area contributed by atoms with Gasteiger partial charge in [0.25, 0.3) is 0 Å². The molecule has 2 amide bonds. The third-order valence-corrected chi connectivity index (χ3v) is 3.31. The molecule has 20 heavy (non-hydrogen) atoms. The van der Waals surface area contributed by atoms with Crippen molar-refractivity contribution in [3.8, 4) is 0 Å². The first-order valence-electron chi connectivity index (χ1n) is 6.03. The quantitative estimate of drug-likeness (QED) is 0.329. The minimum Gasteiger partial charge on any atom is -0.480 e. The molecule has 4 atom stereocenters. The van der Waals surface area contributed by atoms with Crippen LogP contribution in [0, 0.1) is 0 Å². The summed E-state index contributed by atoms with van der Waals surface area (Å²) < 4.78 is 0. The van der Waals surface area contributed by atoms with Crippen molar-refractivity contribution in [3.05, 3.63) is 0 Å². The number of amides is 2. The summed E-state index contributed by atoms with van der Waals surface area (Å²) >= 11 is 0. The van der Waals surface area contributed by atoms with Gasteiger partial charge in [0, 0.05) is 29.6 Å². The van der Waals surface area contributed by atoms with Crippen LogP contribution in [0.1, 0.15) is 20.3 Å². The SMILES string of the molecule is CPCCC(N)C(=O)N[C@@H](C)C(=O)N[C@@H](C)C(=O)O.[Na]. The van der Waals surface area contributed by atoms with E-state index in [-0.39, 0.29) is 29.6 Å². The molecule has 0 aliphatic rings. The molecule has 5 N–H and O–H groups in total. The summed E-state index contributed by atoms with van der Waals surface area (Å²) in [5.41, 5.74) is 5.67. The molecule has 0 saturated carbocycles. The van der Waals surface area contributed by atoms with Crippen LogP contribution in [0.3, 0.4) is 0 Å². The van der Waals surface area contributed by atoms with Gasteiger partial charge in [0.2, 0.25) is 11.8 Å². The molecule has 0 saturated heterocycles. The number of carboxylic acids is 1. The first-order valence-corrected chi connectivity index (χ1v) is 7.74. The van der Waals surface area contributed by atoms with Crippen LogP contribution in [0.15, 0.2) is 0 Å². The molecule has 7 nitrogen and oxygen atoms in total. The number of hydrogen-bond donors (Lipinski definition) is 4. The largest absolute Gasteiger partial charge is 0.480 e. The van der Waals surface area contributed by atoms with Crippen molar-refractivity contribution in [1.29, 1.82) is 0 Å². The van der Waals surface area contributed by atoms with Crippen LogP contribution in [-0.4, -0.2) is 83.4 Å². The van der Waals surface area contributed by atoms with E-state index in [9.17, 15) is 14.4 Å². The Morgan fingerprint density at radius 3 is 2.10 bits per heavy atom. The average molecular weight is 314 g/mol. The number of hydrogen-bond acceptors (Lipinski definition) is 4. The summed E-state index contributed by atoms with van der Waals surface area (Å²) in [6.45, 7) is 4.85. The van der Waals surface area contributed by atoms with E-state index in [2.05, 4.69) is 10.6 Å². The van der Waals surface area contributed by atoms with Gasteiger partial charge in [0.1, 0.15) is 12.1 Å². The van der Waals surface area contributed by atoms with Crippen LogP contribution in [0.2, 0.25) is 0 Å². The van der Waals surface area contributed by atoms with Gasteiger partial charge in [-0.05, 0) is 33.1 Å². The van der Waals surface area contributed by atoms with E-state index >= 15 is 0 Å². The summed E-state index contributed by atoms with van der Waals surface area (Å²) in [4.78, 5) is 33.8. The van der Waals surface area contributed by atoms with Gasteiger partial charge in [0.15, 0.2) is 0 Å². The normalized spacial score (nSPS) is 15.0. The standard InChI is InChI=1S/C11H22N3O4P.Na/c1-6(9(15)14-7(2)11(17)18)13-10(16)8(12)4-5-19-3;/h6-8,19H,4-5,12H2,1-3H3,(H,13,16)(H,14,15)(H,17,18);/t6-,7-,8?;/m0./s1. The van der Waals surface area contributed by atoms with E-state index in [0.29, 0.717) is 6.42 Å². The van der Waals surface area contributed by atoms with Crippen LogP contribution in [0.4, 0.5) is 0 Å². The minimum absolute atomic E-state index is 0. The summed E-state index contributed by atoms with van der Waals surface area (Å²) in [6, 6.07) is -2.45. The topological polar surface area (TPSA) is 122 Å². The van der Waals surface area contributed by atoms with Crippen molar-refractivity contribution in [3.63, 3.8) is 0 Å². The average Bonchev–Trinajstić information content (AvgIpc) is 2.35. The van der Waals surface area contributed by atoms with Crippen molar-refractivity contribution in [2.45, 2.75) is 38.4 Å². The van der Waals surface area contributed by atoms with Gasteiger partial charge < -0.3 is 21.5 Å². The molecular weight excluding hydrogens is 292 g/mol. The van der Waals surface area contributed by atoms with Crippen molar-refractivity contribution >= 4 is 55.9 Å². The Morgan fingerprint density at radius 2 is 1.65 bits per heavy atom. The Labute approximate surface area is 142 Å². The Bertz CT molecular complexity index is 344. The van der Waals surface area contributed by atoms with Crippen LogP contribution in [-0.2, 0) is 14.4 Å². The van der Waals surface area contributed by atoms with Crippen LogP contribution in [0.5, 0.6) is 0 Å². The van der Waals surface area contributed by atoms with Crippen molar-refractivity contribution in [2.75, 3.05) is 12.8 Å². The van der Waals surface area contributed by atoms with Gasteiger partial charge in [-0.2, -0.15) is 0 Å². The molecule has 0 aromatic heterocycles. The Hall–Kier alpha value is -0.200. The fourth-order valence-electron chi connectivity index (χ4n) is 1.22. The molecule has 9 heteroatoms. The fourth-order valence-corrected chi connectivity index (χ4v) is 1.82. The zero-order valence-corrected chi connectivity index (χ0v) is 15.4. The van der Waals surface area contributed by atoms with Gasteiger partial charge in [-0.15, -0.1) is 8.58 Å². The first-order chi connectivity index (χ1) is 8.79. The summed E-state index contributed by atoms with van der Waals surface area (Å²) in [5.74, 6) is -2.08. The maximum absolute atomic E-state index is 11.7. The maximum atomic E-state index is 11.7. The Kier molecular flexibility index (Phi) is 12.7. The zero-order valence-electron chi connectivity index (χ0n) is 12.4. The molecule has 0 aliphatic carbocycles. The maximum Gasteiger partial charge on any atom is 0.325 e. The molecule has 0 aromatic carbocycles. The second kappa shape index (κ2) is 11.5. The molecule has 1 radical (unpaired) electrons. The van der Waals surface area contributed by atoms with E-state index in [0.717, 1.165) is 14.7 Å². The van der Waals surface area contributed by atoms with E-state index in [1.54, 1.807) is 0 Å². The number of nitrogens with one attached hydrogen (secondary N) is 2. The molecule has 111 valence electrons. The minimum atomic E-state index is -1.13. The van der Waals surface area contributed by atoms with Gasteiger partial charge in [-0.3, -0.25) is 14.4 Å². The number of carbonyl (C=O) groups is 3. The number of nitrogens with two attached hydrogens (primary N) is 1. The molecule has 0 rings (SSSR count). The van der Waals surface area contributed by atoms with Gasteiger partial charge in [-0.1, -0.05) is 0 Å². The monoisotopic (exact) mass is 314 g/mol. The van der Waals surface area contributed by atoms with Crippen molar-refractivity contribution in [1.82, 2.24) is 10.6 Å². The van der Waals surface area contributed by atoms with E-state index in [1.165, 1.54) is 13.8 Å². The predicted molar refractivity (Wildman–Crippen MR) is 80.3 cm³/mol. The number of carbonyl (C=O) groups excluding carboxylic acids is 2. The van der Waals surface area contributed by atoms with Crippen molar-refractivity contribution in [2.24, 2.45) is 5.73 Å². The number of carboxylic acid groups (broad SMARTS) is 1. The molecule has 0 spiro atoms. The number of aliphatic carboxylic acids is 1. The Morgan fingerprint density at radius 1 is 1.15 bits per heavy atom. The summed E-state index contributed by atoms with van der Waals surface area (Å²) in [5, 5.41) is 13.4. The first kappa shape index (κ1) is 22.1. The molecule has 2 unspecified atom stereocenters. The molecule has 0 fully saturated rings. The second-order valence-electron chi connectivity index (χ2n) is 4.30. The zero-order chi connectivity index (χ0) is 15.0. The van der Waals surface area contributed by atoms with Crippen LogP contribution in [0.25, 0.3) is 0 Å². The van der Waals surface area contributed by atoms with Gasteiger partial charge in [0.05, 0.1) is 6.04 Å². The fraction of sp³-hybridized carbons (Fsp3) is 0.727. The second-order valence-corrected chi connectivity index (χ2v) is 5.50. The van der Waals surface area contributed by atoms with E-state index < -0.39 is 35.9 Å². The van der Waals surface area contributed by atoms with E-state index in [4.69, 9.17) is 10.8 Å². The summed E-state index contributed by atoms with van der Waals surface area (Å²) in [6.07, 6.45) is 1.44. The molecule has 0 aliphatic heterocycles. The van der Waals surface area contributed by atoms with Crippen LogP contribution < -0.4 is 16.4 Å². The molecule has 0 aromatic rings. The third kappa shape index (κ3) is 8.87. The van der Waals surface area contributed by atoms with E-state index in [1.807, 2.05) is 6.66 Å². The van der Waals surface area contributed by atoms with Gasteiger partial charge >= 0.3 is 5.97 Å². The predicted octanol–water partition coefficient (Wildman–Crippen LogP) is -1.27. The molecular formula is C11H22N3NaO4P. The van der Waals surface area contributed by atoms with Crippen LogP contribution >= 0.6 is 8.58 Å². The number of rotatable bonds is 8. The van der Waals surface area contributed by atoms with Gasteiger partial charge in [-0.25, -0.2) is 0 Å². The Balaban J connectivity index is 0.